The van der Waals surface area contributed by atoms with Crippen LogP contribution in [0.5, 0.6) is 0 Å². The quantitative estimate of drug-likeness (QED) is 0.709. The molecule has 1 aromatic carbocycles. The fourth-order valence-electron chi connectivity index (χ4n) is 1.69. The Morgan fingerprint density at radius 2 is 2.29 bits per heavy atom. The van der Waals surface area contributed by atoms with E-state index in [0.29, 0.717) is 0 Å². The van der Waals surface area contributed by atoms with Gasteiger partial charge >= 0.3 is 7.12 Å². The van der Waals surface area contributed by atoms with E-state index in [4.69, 9.17) is 4.65 Å². The second kappa shape index (κ2) is 3.88. The summed E-state index contributed by atoms with van der Waals surface area (Å²) in [6.07, 6.45) is 5.57. The lowest BCUT2D eigenvalue weighted by molar-refractivity contribution is 0.386. The van der Waals surface area contributed by atoms with Crippen LogP contribution in [0.15, 0.2) is 24.5 Å². The van der Waals surface area contributed by atoms with Crippen LogP contribution in [-0.2, 0) is 11.1 Å². The molecule has 0 amide bonds. The smallest absolute Gasteiger partial charge is 0.538 e. The summed E-state index contributed by atoms with van der Waals surface area (Å²) in [6, 6.07) is 6.15. The van der Waals surface area contributed by atoms with Crippen LogP contribution in [0.3, 0.4) is 0 Å². The molecule has 1 N–H and O–H groups in total. The first-order valence-electron chi connectivity index (χ1n) is 4.94. The average molecular weight is 188 g/mol. The van der Waals surface area contributed by atoms with Gasteiger partial charge in [0.25, 0.3) is 0 Å². The third kappa shape index (κ3) is 1.68. The van der Waals surface area contributed by atoms with Gasteiger partial charge in [-0.25, -0.2) is 0 Å². The maximum absolute atomic E-state index is 9.58. The third-order valence-electron chi connectivity index (χ3n) is 2.41. The van der Waals surface area contributed by atoms with Crippen molar-refractivity contribution in [2.75, 3.05) is 0 Å². The van der Waals surface area contributed by atoms with E-state index in [1.807, 2.05) is 18.2 Å². The van der Waals surface area contributed by atoms with E-state index in [9.17, 15) is 5.02 Å². The van der Waals surface area contributed by atoms with Gasteiger partial charge in [-0.1, -0.05) is 31.5 Å². The Labute approximate surface area is 84.4 Å². The lowest BCUT2D eigenvalue weighted by atomic mass is 9.74. The van der Waals surface area contributed by atoms with Crippen molar-refractivity contribution in [2.24, 2.45) is 0 Å². The summed E-state index contributed by atoms with van der Waals surface area (Å²) in [5.74, 6) is 0. The van der Waals surface area contributed by atoms with Gasteiger partial charge in [0.15, 0.2) is 0 Å². The van der Waals surface area contributed by atoms with Crippen LogP contribution < -0.4 is 5.46 Å². The molecule has 72 valence electrons. The third-order valence-corrected chi connectivity index (χ3v) is 2.41. The zero-order valence-corrected chi connectivity index (χ0v) is 8.23. The fourth-order valence-corrected chi connectivity index (χ4v) is 1.69. The molecule has 0 aromatic heterocycles. The van der Waals surface area contributed by atoms with Crippen LogP contribution in [-0.4, -0.2) is 12.1 Å². The molecule has 0 bridgehead atoms. The molecule has 0 saturated carbocycles. The highest BCUT2D eigenvalue weighted by Crippen LogP contribution is 2.11. The molecule has 0 atom stereocenters. The molecule has 0 fully saturated rings. The summed E-state index contributed by atoms with van der Waals surface area (Å²) in [5.41, 5.74) is 3.17. The molecule has 14 heavy (non-hydrogen) atoms. The average Bonchev–Trinajstić information content (AvgIpc) is 2.20. The van der Waals surface area contributed by atoms with Gasteiger partial charge in [0.05, 0.1) is 6.26 Å². The summed E-state index contributed by atoms with van der Waals surface area (Å²) in [5, 5.41) is 9.58. The van der Waals surface area contributed by atoms with Crippen LogP contribution >= 0.6 is 0 Å². The van der Waals surface area contributed by atoms with Gasteiger partial charge in [-0.3, -0.25) is 0 Å². The monoisotopic (exact) mass is 188 g/mol. The van der Waals surface area contributed by atoms with Crippen LogP contribution in [0.2, 0.25) is 0 Å². The number of hydrogen-bond donors (Lipinski definition) is 1. The van der Waals surface area contributed by atoms with E-state index < -0.39 is 7.12 Å². The Morgan fingerprint density at radius 3 is 3.07 bits per heavy atom. The molecule has 1 heterocycles. The van der Waals surface area contributed by atoms with E-state index in [1.54, 1.807) is 0 Å². The van der Waals surface area contributed by atoms with E-state index in [0.717, 1.165) is 23.9 Å². The number of aryl methyl sites for hydroxylation is 1. The van der Waals surface area contributed by atoms with Gasteiger partial charge in [-0.2, -0.15) is 0 Å². The number of hydrogen-bond acceptors (Lipinski definition) is 2. The Bertz CT molecular complexity index is 360. The zero-order chi connectivity index (χ0) is 9.97. The molecule has 0 spiro atoms. The summed E-state index contributed by atoms with van der Waals surface area (Å²) in [4.78, 5) is 0. The molecule has 0 aliphatic carbocycles. The number of benzene rings is 1. The minimum absolute atomic E-state index is 0.799. The van der Waals surface area contributed by atoms with E-state index in [2.05, 4.69) is 13.0 Å². The summed E-state index contributed by atoms with van der Waals surface area (Å²) < 4.78 is 5.01. The van der Waals surface area contributed by atoms with Crippen LogP contribution in [0.4, 0.5) is 0 Å². The molecule has 2 rings (SSSR count). The molecule has 1 aliphatic rings. The zero-order valence-electron chi connectivity index (χ0n) is 8.23. The van der Waals surface area contributed by atoms with Gasteiger partial charge in [-0.05, 0) is 23.6 Å². The second-order valence-corrected chi connectivity index (χ2v) is 3.50. The van der Waals surface area contributed by atoms with Crippen molar-refractivity contribution in [3.8, 4) is 0 Å². The van der Waals surface area contributed by atoms with Gasteiger partial charge in [0.1, 0.15) is 0 Å². The first-order chi connectivity index (χ1) is 6.81. The first kappa shape index (κ1) is 9.34. The van der Waals surface area contributed by atoms with Crippen molar-refractivity contribution >= 4 is 18.7 Å². The summed E-state index contributed by atoms with van der Waals surface area (Å²) in [7, 11) is -0.799. The van der Waals surface area contributed by atoms with Gasteiger partial charge in [0, 0.05) is 5.46 Å². The lowest BCUT2D eigenvalue weighted by Crippen LogP contribution is -2.36. The summed E-state index contributed by atoms with van der Waals surface area (Å²) >= 11 is 0. The molecule has 1 aromatic rings. The SMILES string of the molecule is CCCc1ccc2c(c1)B(O)OC=C2. The van der Waals surface area contributed by atoms with Crippen molar-refractivity contribution < 1.29 is 9.68 Å². The first-order valence-corrected chi connectivity index (χ1v) is 4.94. The Balaban J connectivity index is 2.36. The van der Waals surface area contributed by atoms with Gasteiger partial charge < -0.3 is 9.68 Å². The van der Waals surface area contributed by atoms with Crippen LogP contribution in [0.25, 0.3) is 6.08 Å². The highest BCUT2D eigenvalue weighted by Gasteiger charge is 2.23. The van der Waals surface area contributed by atoms with Crippen molar-refractivity contribution in [1.82, 2.24) is 0 Å². The van der Waals surface area contributed by atoms with Crippen molar-refractivity contribution in [3.63, 3.8) is 0 Å². The predicted molar refractivity (Wildman–Crippen MR) is 58.2 cm³/mol. The van der Waals surface area contributed by atoms with Gasteiger partial charge in [0.2, 0.25) is 0 Å². The Kier molecular flexibility index (Phi) is 2.59. The van der Waals surface area contributed by atoms with Crippen molar-refractivity contribution in [2.45, 2.75) is 19.8 Å². The molecule has 0 saturated heterocycles. The second-order valence-electron chi connectivity index (χ2n) is 3.50. The molecular weight excluding hydrogens is 175 g/mol. The standard InChI is InChI=1S/C11H13BO2/c1-2-3-9-4-5-10-6-7-14-12(13)11(10)8-9/h4-8,13H,2-3H2,1H3. The Hall–Kier alpha value is -1.22. The molecule has 0 radical (unpaired) electrons. The van der Waals surface area contributed by atoms with Crippen molar-refractivity contribution in [1.29, 1.82) is 0 Å². The minimum Gasteiger partial charge on any atom is -0.538 e. The van der Waals surface area contributed by atoms with Gasteiger partial charge in [-0.15, -0.1) is 0 Å². The summed E-state index contributed by atoms with van der Waals surface area (Å²) in [6.45, 7) is 2.15. The number of rotatable bonds is 2. The lowest BCUT2D eigenvalue weighted by Gasteiger charge is -2.15. The molecule has 0 unspecified atom stereocenters. The predicted octanol–water partition coefficient (Wildman–Crippen LogP) is 1.33. The topological polar surface area (TPSA) is 29.5 Å². The largest absolute Gasteiger partial charge is 0.560 e. The highest BCUT2D eigenvalue weighted by atomic mass is 16.5. The Morgan fingerprint density at radius 1 is 1.43 bits per heavy atom. The van der Waals surface area contributed by atoms with E-state index in [1.165, 1.54) is 11.8 Å². The molecule has 2 nitrogen and oxygen atoms in total. The van der Waals surface area contributed by atoms with Crippen LogP contribution in [0, 0.1) is 0 Å². The van der Waals surface area contributed by atoms with Crippen LogP contribution in [0.1, 0.15) is 24.5 Å². The minimum atomic E-state index is -0.799. The maximum Gasteiger partial charge on any atom is 0.560 e. The molecule has 3 heteroatoms. The maximum atomic E-state index is 9.58. The number of fused-ring (bicyclic) bond motifs is 1. The normalized spacial score (nSPS) is 13.7. The highest BCUT2D eigenvalue weighted by molar-refractivity contribution is 6.61. The van der Waals surface area contributed by atoms with Crippen molar-refractivity contribution in [3.05, 3.63) is 35.6 Å². The molecular formula is C11H13BO2. The fraction of sp³-hybridized carbons (Fsp3) is 0.273. The molecule has 1 aliphatic heterocycles. The van der Waals surface area contributed by atoms with E-state index in [-0.39, 0.29) is 0 Å². The van der Waals surface area contributed by atoms with E-state index >= 15 is 0 Å².